The Morgan fingerprint density at radius 1 is 0.906 bits per heavy atom. The van der Waals surface area contributed by atoms with Gasteiger partial charge in [0, 0.05) is 37.0 Å². The second-order valence-electron chi connectivity index (χ2n) is 7.60. The van der Waals surface area contributed by atoms with Crippen molar-refractivity contribution in [2.24, 2.45) is 0 Å². The average molecular weight is 443 g/mol. The normalized spacial score (nSPS) is 10.8. The monoisotopic (exact) mass is 442 g/mol. The molecule has 5 nitrogen and oxygen atoms in total. The van der Waals surface area contributed by atoms with Crippen molar-refractivity contribution in [1.29, 1.82) is 0 Å². The first-order chi connectivity index (χ1) is 15.6. The molecule has 0 unspecified atom stereocenters. The van der Waals surface area contributed by atoms with Crippen LogP contribution in [0.4, 0.5) is 5.69 Å². The van der Waals surface area contributed by atoms with E-state index in [0.717, 1.165) is 28.1 Å². The molecule has 0 atom stereocenters. The van der Waals surface area contributed by atoms with Crippen LogP contribution in [0.3, 0.4) is 0 Å². The molecule has 0 aliphatic carbocycles. The summed E-state index contributed by atoms with van der Waals surface area (Å²) in [6.45, 7) is 4.18. The number of hydrogen-bond donors (Lipinski definition) is 0. The Morgan fingerprint density at radius 2 is 1.56 bits per heavy atom. The molecule has 1 heterocycles. The van der Waals surface area contributed by atoms with E-state index in [2.05, 4.69) is 39.0 Å². The molecule has 0 saturated carbocycles. The fourth-order valence-corrected chi connectivity index (χ4v) is 4.45. The molecule has 3 aromatic carbocycles. The number of para-hydroxylation sites is 1. The quantitative estimate of drug-likeness (QED) is 0.340. The Hall–Kier alpha value is -3.38. The van der Waals surface area contributed by atoms with Gasteiger partial charge in [-0.3, -0.25) is 9.36 Å². The highest BCUT2D eigenvalue weighted by atomic mass is 32.2. The summed E-state index contributed by atoms with van der Waals surface area (Å²) >= 11 is 1.66. The summed E-state index contributed by atoms with van der Waals surface area (Å²) in [6.07, 6.45) is 0.598. The van der Waals surface area contributed by atoms with Crippen LogP contribution in [0, 0.1) is 6.92 Å². The molecule has 1 amide bonds. The van der Waals surface area contributed by atoms with Gasteiger partial charge in [0.15, 0.2) is 5.16 Å². The van der Waals surface area contributed by atoms with Crippen molar-refractivity contribution < 1.29 is 4.79 Å². The number of thioether (sulfide) groups is 1. The highest BCUT2D eigenvalue weighted by molar-refractivity contribution is 7.98. The molecule has 0 spiro atoms. The number of aryl methyl sites for hydroxylation is 1. The summed E-state index contributed by atoms with van der Waals surface area (Å²) in [5, 5.41) is 9.83. The first-order valence-corrected chi connectivity index (χ1v) is 11.6. The molecule has 4 aromatic rings. The summed E-state index contributed by atoms with van der Waals surface area (Å²) in [4.78, 5) is 14.1. The van der Waals surface area contributed by atoms with Gasteiger partial charge in [-0.1, -0.05) is 78.0 Å². The minimum absolute atomic E-state index is 0.0123. The fraction of sp³-hybridized carbons (Fsp3) is 0.192. The van der Waals surface area contributed by atoms with Crippen molar-refractivity contribution in [3.63, 3.8) is 0 Å². The zero-order valence-electron chi connectivity index (χ0n) is 18.3. The lowest BCUT2D eigenvalue weighted by Gasteiger charge is -2.21. The number of carbonyl (C=O) groups excluding carboxylic acids is 1. The lowest BCUT2D eigenvalue weighted by molar-refractivity contribution is -0.116. The van der Waals surface area contributed by atoms with Gasteiger partial charge in [0.25, 0.3) is 0 Å². The maximum absolute atomic E-state index is 12.3. The van der Waals surface area contributed by atoms with Crippen LogP contribution in [0.2, 0.25) is 0 Å². The van der Waals surface area contributed by atoms with Gasteiger partial charge in [0.05, 0.1) is 0 Å². The zero-order chi connectivity index (χ0) is 22.3. The highest BCUT2D eigenvalue weighted by Gasteiger charge is 2.18. The van der Waals surface area contributed by atoms with Crippen LogP contribution in [0.5, 0.6) is 0 Å². The van der Waals surface area contributed by atoms with Crippen LogP contribution >= 0.6 is 11.8 Å². The van der Waals surface area contributed by atoms with Gasteiger partial charge in [-0.25, -0.2) is 0 Å². The molecule has 0 bridgehead atoms. The number of hydrogen-bond acceptors (Lipinski definition) is 4. The Kier molecular flexibility index (Phi) is 7.02. The Balaban J connectivity index is 1.58. The van der Waals surface area contributed by atoms with Crippen LogP contribution in [0.25, 0.3) is 5.69 Å². The Morgan fingerprint density at radius 3 is 2.22 bits per heavy atom. The van der Waals surface area contributed by atoms with Gasteiger partial charge in [-0.15, -0.1) is 10.2 Å². The number of benzene rings is 3. The zero-order valence-corrected chi connectivity index (χ0v) is 19.1. The summed E-state index contributed by atoms with van der Waals surface area (Å²) < 4.78 is 2.10. The first kappa shape index (κ1) is 21.8. The predicted octanol–water partition coefficient (Wildman–Crippen LogP) is 5.46. The smallest absolute Gasteiger partial charge is 0.223 e. The van der Waals surface area contributed by atoms with Gasteiger partial charge >= 0.3 is 0 Å². The van der Waals surface area contributed by atoms with Crippen molar-refractivity contribution in [2.45, 2.75) is 31.2 Å². The Labute approximate surface area is 193 Å². The summed E-state index contributed by atoms with van der Waals surface area (Å²) in [5.74, 6) is 1.66. The van der Waals surface area contributed by atoms with Gasteiger partial charge in [-0.2, -0.15) is 0 Å². The fourth-order valence-electron chi connectivity index (χ4n) is 3.52. The third-order valence-corrected chi connectivity index (χ3v) is 6.21. The van der Waals surface area contributed by atoms with E-state index in [4.69, 9.17) is 0 Å². The van der Waals surface area contributed by atoms with Gasteiger partial charge < -0.3 is 4.90 Å². The van der Waals surface area contributed by atoms with E-state index in [-0.39, 0.29) is 5.91 Å². The molecule has 32 heavy (non-hydrogen) atoms. The average Bonchev–Trinajstić information content (AvgIpc) is 3.23. The lowest BCUT2D eigenvalue weighted by Crippen LogP contribution is -2.31. The second kappa shape index (κ2) is 10.3. The number of nitrogens with zero attached hydrogens (tertiary/aromatic N) is 4. The third kappa shape index (κ3) is 5.26. The molecule has 0 saturated heterocycles. The van der Waals surface area contributed by atoms with Crippen molar-refractivity contribution in [3.8, 4) is 5.69 Å². The molecule has 0 radical (unpaired) electrons. The molecular weight excluding hydrogens is 416 g/mol. The predicted molar refractivity (Wildman–Crippen MR) is 130 cm³/mol. The van der Waals surface area contributed by atoms with E-state index >= 15 is 0 Å². The van der Waals surface area contributed by atoms with E-state index in [0.29, 0.717) is 13.0 Å². The number of aromatic nitrogens is 3. The number of rotatable bonds is 8. The summed E-state index contributed by atoms with van der Waals surface area (Å²) in [5.41, 5.74) is 4.32. The van der Waals surface area contributed by atoms with E-state index in [9.17, 15) is 4.79 Å². The number of anilines is 1. The van der Waals surface area contributed by atoms with Crippen LogP contribution in [-0.2, 0) is 17.0 Å². The van der Waals surface area contributed by atoms with Gasteiger partial charge in [-0.05, 0) is 36.8 Å². The molecule has 0 aliphatic heterocycles. The van der Waals surface area contributed by atoms with Crippen molar-refractivity contribution >= 4 is 23.4 Å². The summed E-state index contributed by atoms with van der Waals surface area (Å²) in [7, 11) is 0. The minimum Gasteiger partial charge on any atom is -0.312 e. The van der Waals surface area contributed by atoms with Crippen LogP contribution in [0.15, 0.2) is 90.1 Å². The molecule has 0 aliphatic rings. The van der Waals surface area contributed by atoms with Crippen LogP contribution in [0.1, 0.15) is 23.9 Å². The molecule has 1 aromatic heterocycles. The van der Waals surface area contributed by atoms with E-state index in [1.54, 1.807) is 23.6 Å². The van der Waals surface area contributed by atoms with Gasteiger partial charge in [0.2, 0.25) is 5.91 Å². The maximum Gasteiger partial charge on any atom is 0.223 e. The maximum atomic E-state index is 12.3. The van der Waals surface area contributed by atoms with Crippen LogP contribution < -0.4 is 4.90 Å². The first-order valence-electron chi connectivity index (χ1n) is 10.6. The molecule has 4 rings (SSSR count). The van der Waals surface area contributed by atoms with E-state index in [1.807, 2.05) is 67.6 Å². The SMILES string of the molecule is CC(=O)N(CCc1nnc(SCc2ccccc2)n1-c1ccccc1)c1ccc(C)cc1. The molecular formula is C26H26N4OS. The van der Waals surface area contributed by atoms with Crippen molar-refractivity contribution in [3.05, 3.63) is 102 Å². The topological polar surface area (TPSA) is 51.0 Å². The lowest BCUT2D eigenvalue weighted by atomic mass is 10.2. The van der Waals surface area contributed by atoms with E-state index < -0.39 is 0 Å². The third-order valence-electron chi connectivity index (χ3n) is 5.21. The molecule has 162 valence electrons. The number of carbonyl (C=O) groups is 1. The highest BCUT2D eigenvalue weighted by Crippen LogP contribution is 2.26. The molecule has 0 N–H and O–H groups in total. The van der Waals surface area contributed by atoms with Gasteiger partial charge in [0.1, 0.15) is 5.82 Å². The summed E-state index contributed by atoms with van der Waals surface area (Å²) in [6, 6.07) is 28.5. The second-order valence-corrected chi connectivity index (χ2v) is 8.54. The largest absolute Gasteiger partial charge is 0.312 e. The molecule has 6 heteroatoms. The van der Waals surface area contributed by atoms with Crippen molar-refractivity contribution in [1.82, 2.24) is 14.8 Å². The Bertz CT molecular complexity index is 1160. The minimum atomic E-state index is 0.0123. The van der Waals surface area contributed by atoms with Crippen LogP contribution in [-0.4, -0.2) is 27.2 Å². The standard InChI is InChI=1S/C26H26N4OS/c1-20-13-15-23(16-14-20)29(21(2)31)18-17-25-27-28-26(30(25)24-11-7-4-8-12-24)32-19-22-9-5-3-6-10-22/h3-16H,17-19H2,1-2H3. The van der Waals surface area contributed by atoms with Crippen molar-refractivity contribution in [2.75, 3.05) is 11.4 Å². The van der Waals surface area contributed by atoms with E-state index in [1.165, 1.54) is 11.1 Å². The number of amides is 1. The molecule has 0 fully saturated rings.